The zero-order chi connectivity index (χ0) is 17.1. The van der Waals surface area contributed by atoms with E-state index in [1.807, 2.05) is 49.4 Å². The zero-order valence-corrected chi connectivity index (χ0v) is 15.5. The van der Waals surface area contributed by atoms with Crippen molar-refractivity contribution in [2.24, 2.45) is 0 Å². The average molecular weight is 379 g/mol. The number of thioether (sulfide) groups is 1. The molecule has 4 nitrogen and oxygen atoms in total. The van der Waals surface area contributed by atoms with E-state index >= 15 is 0 Å². The number of thiazole rings is 1. The minimum atomic E-state index is -0.243. The molecule has 0 radical (unpaired) electrons. The van der Waals surface area contributed by atoms with Gasteiger partial charge < -0.3 is 10.1 Å². The Morgan fingerprint density at radius 1 is 1.29 bits per heavy atom. The maximum absolute atomic E-state index is 12.4. The van der Waals surface area contributed by atoms with Gasteiger partial charge in [0.25, 0.3) is 0 Å². The first-order valence-electron chi connectivity index (χ1n) is 7.23. The van der Waals surface area contributed by atoms with Gasteiger partial charge >= 0.3 is 0 Å². The van der Waals surface area contributed by atoms with Crippen molar-refractivity contribution in [1.82, 2.24) is 4.98 Å². The Bertz CT molecular complexity index is 865. The van der Waals surface area contributed by atoms with Crippen LogP contribution in [0.5, 0.6) is 5.75 Å². The molecule has 2 aromatic carbocycles. The van der Waals surface area contributed by atoms with Crippen LogP contribution in [0.2, 0.25) is 5.02 Å². The van der Waals surface area contributed by atoms with Gasteiger partial charge in [0.05, 0.1) is 22.6 Å². The molecule has 0 aliphatic heterocycles. The molecule has 0 saturated heterocycles. The molecule has 7 heteroatoms. The minimum Gasteiger partial charge on any atom is -0.497 e. The largest absolute Gasteiger partial charge is 0.497 e. The molecule has 0 spiro atoms. The monoisotopic (exact) mass is 378 g/mol. The summed E-state index contributed by atoms with van der Waals surface area (Å²) in [6.45, 7) is 1.87. The van der Waals surface area contributed by atoms with E-state index in [0.29, 0.717) is 10.2 Å². The number of nitrogens with zero attached hydrogens (tertiary/aromatic N) is 1. The normalized spacial score (nSPS) is 12.1. The van der Waals surface area contributed by atoms with E-state index in [4.69, 9.17) is 16.3 Å². The van der Waals surface area contributed by atoms with Crippen molar-refractivity contribution >= 4 is 56.0 Å². The van der Waals surface area contributed by atoms with Crippen LogP contribution in [0.15, 0.2) is 47.4 Å². The van der Waals surface area contributed by atoms with Crippen molar-refractivity contribution in [3.05, 3.63) is 47.5 Å². The third-order valence-electron chi connectivity index (χ3n) is 3.32. The fourth-order valence-corrected chi connectivity index (χ4v) is 3.95. The summed E-state index contributed by atoms with van der Waals surface area (Å²) < 4.78 is 6.18. The highest BCUT2D eigenvalue weighted by Gasteiger charge is 2.16. The summed E-state index contributed by atoms with van der Waals surface area (Å²) in [4.78, 5) is 17.8. The van der Waals surface area contributed by atoms with E-state index in [1.165, 1.54) is 23.1 Å². The number of nitrogens with one attached hydrogen (secondary N) is 1. The lowest BCUT2D eigenvalue weighted by Gasteiger charge is -2.10. The fraction of sp³-hybridized carbons (Fsp3) is 0.176. The second-order valence-corrected chi connectivity index (χ2v) is 7.94. The lowest BCUT2D eigenvalue weighted by atomic mass is 10.3. The maximum Gasteiger partial charge on any atom is 0.239 e. The highest BCUT2D eigenvalue weighted by Crippen LogP contribution is 2.30. The van der Waals surface area contributed by atoms with Gasteiger partial charge in [-0.2, -0.15) is 0 Å². The van der Waals surface area contributed by atoms with Gasteiger partial charge in [-0.25, -0.2) is 4.98 Å². The summed E-state index contributed by atoms with van der Waals surface area (Å²) in [7, 11) is 1.63. The van der Waals surface area contributed by atoms with Crippen LogP contribution in [0.25, 0.3) is 10.2 Å². The number of aromatic nitrogens is 1. The molecule has 1 unspecified atom stereocenters. The third-order valence-corrected chi connectivity index (χ3v) is 5.62. The standard InChI is InChI=1S/C17H15ClN2O2S2/c1-10(23-13-6-3-11(18)4-7-13)16(21)20-17-19-14-8-5-12(22-2)9-15(14)24-17/h3-10H,1-2H3,(H,19,20,21). The first kappa shape index (κ1) is 17.1. The number of hydrogen-bond donors (Lipinski definition) is 1. The summed E-state index contributed by atoms with van der Waals surface area (Å²) in [6, 6.07) is 13.1. The predicted molar refractivity (Wildman–Crippen MR) is 102 cm³/mol. The van der Waals surface area contributed by atoms with Crippen LogP contribution in [0, 0.1) is 0 Å². The van der Waals surface area contributed by atoms with E-state index in [-0.39, 0.29) is 11.2 Å². The molecule has 1 heterocycles. The van der Waals surface area contributed by atoms with Crippen LogP contribution in [-0.4, -0.2) is 23.3 Å². The SMILES string of the molecule is COc1ccc2nc(NC(=O)C(C)Sc3ccc(Cl)cc3)sc2c1. The number of anilines is 1. The van der Waals surface area contributed by atoms with Crippen LogP contribution in [-0.2, 0) is 4.79 Å². The fourth-order valence-electron chi connectivity index (χ4n) is 2.06. The first-order chi connectivity index (χ1) is 11.5. The molecule has 1 aromatic heterocycles. The number of hydrogen-bond acceptors (Lipinski definition) is 5. The number of halogens is 1. The van der Waals surface area contributed by atoms with Gasteiger partial charge in [0.1, 0.15) is 5.75 Å². The van der Waals surface area contributed by atoms with E-state index in [9.17, 15) is 4.79 Å². The van der Waals surface area contributed by atoms with Gasteiger partial charge in [0.15, 0.2) is 5.13 Å². The lowest BCUT2D eigenvalue weighted by Crippen LogP contribution is -2.22. The Morgan fingerprint density at radius 3 is 2.75 bits per heavy atom. The van der Waals surface area contributed by atoms with Gasteiger partial charge in [-0.15, -0.1) is 11.8 Å². The Balaban J connectivity index is 1.68. The highest BCUT2D eigenvalue weighted by atomic mass is 35.5. The minimum absolute atomic E-state index is 0.0824. The van der Waals surface area contributed by atoms with Crippen molar-refractivity contribution in [1.29, 1.82) is 0 Å². The lowest BCUT2D eigenvalue weighted by molar-refractivity contribution is -0.115. The van der Waals surface area contributed by atoms with Crippen LogP contribution in [0.4, 0.5) is 5.13 Å². The van der Waals surface area contributed by atoms with Crippen molar-refractivity contribution in [2.75, 3.05) is 12.4 Å². The van der Waals surface area contributed by atoms with Crippen molar-refractivity contribution in [3.8, 4) is 5.75 Å². The molecule has 0 bridgehead atoms. The highest BCUT2D eigenvalue weighted by molar-refractivity contribution is 8.00. The van der Waals surface area contributed by atoms with Crippen LogP contribution in [0.1, 0.15) is 6.92 Å². The van der Waals surface area contributed by atoms with Crippen molar-refractivity contribution in [3.63, 3.8) is 0 Å². The van der Waals surface area contributed by atoms with Crippen LogP contribution >= 0.6 is 34.7 Å². The van der Waals surface area contributed by atoms with Crippen molar-refractivity contribution in [2.45, 2.75) is 17.1 Å². The molecule has 1 N–H and O–H groups in total. The van der Waals surface area contributed by atoms with Gasteiger partial charge in [-0.1, -0.05) is 22.9 Å². The summed E-state index contributed by atoms with van der Waals surface area (Å²) in [5, 5.41) is 3.91. The average Bonchev–Trinajstić information content (AvgIpc) is 2.97. The van der Waals surface area contributed by atoms with Crippen LogP contribution < -0.4 is 10.1 Å². The molecule has 24 heavy (non-hydrogen) atoms. The van der Waals surface area contributed by atoms with Gasteiger partial charge in [-0.05, 0) is 49.4 Å². The molecule has 1 amide bonds. The Kier molecular flexibility index (Phi) is 5.28. The molecular weight excluding hydrogens is 364 g/mol. The molecule has 1 atom stereocenters. The number of amides is 1. The van der Waals surface area contributed by atoms with Gasteiger partial charge in [-0.3, -0.25) is 4.79 Å². The number of benzene rings is 2. The Labute approximate surface area is 153 Å². The van der Waals surface area contributed by atoms with E-state index in [2.05, 4.69) is 10.3 Å². The molecule has 3 aromatic rings. The summed E-state index contributed by atoms with van der Waals surface area (Å²) >= 11 is 8.78. The number of rotatable bonds is 5. The maximum atomic E-state index is 12.4. The van der Waals surface area contributed by atoms with E-state index < -0.39 is 0 Å². The van der Waals surface area contributed by atoms with E-state index in [0.717, 1.165) is 20.9 Å². The second-order valence-electron chi connectivity index (χ2n) is 5.06. The summed E-state index contributed by atoms with van der Waals surface area (Å²) in [5.41, 5.74) is 0.842. The Hall–Kier alpha value is -1.76. The topological polar surface area (TPSA) is 51.2 Å². The van der Waals surface area contributed by atoms with Gasteiger partial charge in [0, 0.05) is 9.92 Å². The number of ether oxygens (including phenoxy) is 1. The summed E-state index contributed by atoms with van der Waals surface area (Å²) in [6.07, 6.45) is 0. The zero-order valence-electron chi connectivity index (χ0n) is 13.1. The number of carbonyl (C=O) groups is 1. The Morgan fingerprint density at radius 2 is 2.04 bits per heavy atom. The molecule has 3 rings (SSSR count). The predicted octanol–water partition coefficient (Wildman–Crippen LogP) is 5.08. The number of fused-ring (bicyclic) bond motifs is 1. The molecule has 0 aliphatic carbocycles. The van der Waals surface area contributed by atoms with Crippen LogP contribution in [0.3, 0.4) is 0 Å². The van der Waals surface area contributed by atoms with E-state index in [1.54, 1.807) is 7.11 Å². The molecule has 124 valence electrons. The molecule has 0 fully saturated rings. The second kappa shape index (κ2) is 7.42. The smallest absolute Gasteiger partial charge is 0.239 e. The number of carbonyl (C=O) groups excluding carboxylic acids is 1. The van der Waals surface area contributed by atoms with Gasteiger partial charge in [0.2, 0.25) is 5.91 Å². The quantitative estimate of drug-likeness (QED) is 0.629. The molecule has 0 saturated carbocycles. The first-order valence-corrected chi connectivity index (χ1v) is 9.30. The third kappa shape index (κ3) is 4.01. The molecular formula is C17H15ClN2O2S2. The van der Waals surface area contributed by atoms with Crippen molar-refractivity contribution < 1.29 is 9.53 Å². The summed E-state index contributed by atoms with van der Waals surface area (Å²) in [5.74, 6) is 0.691. The number of methoxy groups -OCH3 is 1. The molecule has 0 aliphatic rings.